The minimum absolute atomic E-state index is 0.0749. The van der Waals surface area contributed by atoms with Crippen molar-refractivity contribution in [2.45, 2.75) is 37.9 Å². The fourth-order valence-corrected chi connectivity index (χ4v) is 6.01. The summed E-state index contributed by atoms with van der Waals surface area (Å²) in [4.78, 5) is 63.6. The summed E-state index contributed by atoms with van der Waals surface area (Å²) in [5.41, 5.74) is 3.39. The summed E-state index contributed by atoms with van der Waals surface area (Å²) in [6, 6.07) is 22.9. The highest BCUT2D eigenvalue weighted by atomic mass is 79.9. The lowest BCUT2D eigenvalue weighted by Gasteiger charge is -2.27. The van der Waals surface area contributed by atoms with Crippen LogP contribution in [0.25, 0.3) is 10.9 Å². The number of benzene rings is 3. The molecule has 258 valence electrons. The van der Waals surface area contributed by atoms with Gasteiger partial charge in [0.05, 0.1) is 22.0 Å². The number of pyridine rings is 1. The van der Waals surface area contributed by atoms with Gasteiger partial charge in [0.15, 0.2) is 0 Å². The molecule has 0 fully saturated rings. The van der Waals surface area contributed by atoms with Crippen LogP contribution < -0.4 is 16.0 Å². The van der Waals surface area contributed by atoms with Gasteiger partial charge >= 0.3 is 0 Å². The first-order chi connectivity index (χ1) is 24.1. The van der Waals surface area contributed by atoms with Crippen molar-refractivity contribution < 1.29 is 19.2 Å². The molecule has 13 heteroatoms. The number of hydrogen-bond acceptors (Lipinski definition) is 5. The van der Waals surface area contributed by atoms with Gasteiger partial charge in [-0.15, -0.1) is 0 Å². The van der Waals surface area contributed by atoms with Crippen molar-refractivity contribution >= 4 is 73.7 Å². The van der Waals surface area contributed by atoms with E-state index in [2.05, 4.69) is 41.8 Å². The third-order valence-corrected chi connectivity index (χ3v) is 9.29. The van der Waals surface area contributed by atoms with Crippen LogP contribution in [0.5, 0.6) is 0 Å². The first-order valence-corrected chi connectivity index (χ1v) is 17.4. The van der Waals surface area contributed by atoms with Crippen LogP contribution in [0, 0.1) is 0 Å². The summed E-state index contributed by atoms with van der Waals surface area (Å²) < 4.78 is 0.904. The Kier molecular flexibility index (Phi) is 12.6. The van der Waals surface area contributed by atoms with Gasteiger partial charge in [-0.3, -0.25) is 24.2 Å². The molecule has 0 aliphatic rings. The van der Waals surface area contributed by atoms with Crippen LogP contribution >= 0.6 is 39.1 Å². The molecule has 0 bridgehead atoms. The SMILES string of the molecule is CN(Cc1ccc(Br)cc1)C(=O)[C@H](Cc1ccc(Cl)c(Cl)c1)NC(=O)[C@H](CC(=O)NCCc1ccccn1)NC(=O)c1c[nH]c2ccccc12. The molecule has 0 aliphatic heterocycles. The van der Waals surface area contributed by atoms with E-state index in [0.717, 1.165) is 21.2 Å². The Morgan fingerprint density at radius 3 is 2.36 bits per heavy atom. The number of aromatic nitrogens is 2. The largest absolute Gasteiger partial charge is 0.360 e. The summed E-state index contributed by atoms with van der Waals surface area (Å²) in [7, 11) is 1.64. The van der Waals surface area contributed by atoms with E-state index in [-0.39, 0.29) is 31.8 Å². The first kappa shape index (κ1) is 36.6. The zero-order chi connectivity index (χ0) is 35.6. The van der Waals surface area contributed by atoms with Crippen molar-refractivity contribution in [2.75, 3.05) is 13.6 Å². The Hall–Kier alpha value is -4.71. The predicted octanol–water partition coefficient (Wildman–Crippen LogP) is 5.87. The van der Waals surface area contributed by atoms with E-state index in [0.29, 0.717) is 33.0 Å². The maximum Gasteiger partial charge on any atom is 0.254 e. The molecule has 0 spiro atoms. The number of carbonyl (C=O) groups is 4. The number of nitrogens with zero attached hydrogens (tertiary/aromatic N) is 2. The smallest absolute Gasteiger partial charge is 0.254 e. The summed E-state index contributed by atoms with van der Waals surface area (Å²) in [6.07, 6.45) is 3.41. The van der Waals surface area contributed by atoms with Crippen LogP contribution in [0.1, 0.15) is 33.6 Å². The monoisotopic (exact) mass is 776 g/mol. The molecular weight excluding hydrogens is 743 g/mol. The van der Waals surface area contributed by atoms with Gasteiger partial charge in [-0.05, 0) is 53.6 Å². The highest BCUT2D eigenvalue weighted by Crippen LogP contribution is 2.24. The Morgan fingerprint density at radius 1 is 0.880 bits per heavy atom. The number of halogens is 3. The Bertz CT molecular complexity index is 1970. The second-order valence-electron chi connectivity index (χ2n) is 11.7. The molecule has 2 atom stereocenters. The zero-order valence-electron chi connectivity index (χ0n) is 27.1. The van der Waals surface area contributed by atoms with Crippen molar-refractivity contribution in [1.82, 2.24) is 30.8 Å². The molecule has 3 aromatic carbocycles. The normalized spacial score (nSPS) is 12.2. The second kappa shape index (κ2) is 17.3. The van der Waals surface area contributed by atoms with Gasteiger partial charge in [0.2, 0.25) is 17.7 Å². The van der Waals surface area contributed by atoms with Crippen LogP contribution in [-0.4, -0.2) is 64.2 Å². The highest BCUT2D eigenvalue weighted by molar-refractivity contribution is 9.10. The Morgan fingerprint density at radius 2 is 1.62 bits per heavy atom. The quantitative estimate of drug-likeness (QED) is 0.112. The fraction of sp³-hybridized carbons (Fsp3) is 0.216. The lowest BCUT2D eigenvalue weighted by Crippen LogP contribution is -2.55. The summed E-state index contributed by atoms with van der Waals surface area (Å²) >= 11 is 15.8. The minimum Gasteiger partial charge on any atom is -0.360 e. The molecule has 5 aromatic rings. The first-order valence-electron chi connectivity index (χ1n) is 15.8. The van der Waals surface area contributed by atoms with Crippen LogP contribution in [0.2, 0.25) is 10.0 Å². The predicted molar refractivity (Wildman–Crippen MR) is 198 cm³/mol. The van der Waals surface area contributed by atoms with Gasteiger partial charge in [-0.2, -0.15) is 0 Å². The summed E-state index contributed by atoms with van der Waals surface area (Å²) in [5.74, 6) is -2.09. The van der Waals surface area contributed by atoms with E-state index in [1.54, 1.807) is 55.8 Å². The number of likely N-dealkylation sites (N-methyl/N-ethyl adjacent to an activating group) is 1. The summed E-state index contributed by atoms with van der Waals surface area (Å²) in [5, 5.41) is 9.68. The Balaban J connectivity index is 1.37. The molecule has 2 heterocycles. The minimum atomic E-state index is -1.31. The molecule has 4 amide bonds. The molecule has 10 nitrogen and oxygen atoms in total. The molecule has 50 heavy (non-hydrogen) atoms. The number of rotatable bonds is 14. The van der Waals surface area contributed by atoms with Gasteiger partial charge in [-0.1, -0.05) is 81.6 Å². The maximum atomic E-state index is 14.0. The lowest BCUT2D eigenvalue weighted by atomic mass is 10.0. The number of aromatic amines is 1. The van der Waals surface area contributed by atoms with E-state index in [1.807, 2.05) is 48.5 Å². The fourth-order valence-electron chi connectivity index (χ4n) is 5.42. The maximum absolute atomic E-state index is 14.0. The molecule has 0 saturated heterocycles. The van der Waals surface area contributed by atoms with E-state index in [4.69, 9.17) is 23.2 Å². The number of amides is 4. The van der Waals surface area contributed by atoms with Gasteiger partial charge in [0.25, 0.3) is 5.91 Å². The number of hydrogen-bond donors (Lipinski definition) is 4. The van der Waals surface area contributed by atoms with Crippen molar-refractivity contribution in [3.63, 3.8) is 0 Å². The lowest BCUT2D eigenvalue weighted by molar-refractivity contribution is -0.136. The molecular formula is C37H35BrCl2N6O4. The number of fused-ring (bicyclic) bond motifs is 1. The van der Waals surface area contributed by atoms with Gasteiger partial charge in [0, 0.05) is 66.4 Å². The van der Waals surface area contributed by atoms with Crippen LogP contribution in [-0.2, 0) is 33.8 Å². The molecule has 4 N–H and O–H groups in total. The van der Waals surface area contributed by atoms with Gasteiger partial charge < -0.3 is 25.8 Å². The second-order valence-corrected chi connectivity index (χ2v) is 13.5. The standard InChI is InChI=1S/C37H35BrCl2N6O4/c1-46(22-23-9-12-25(38)13-10-23)37(50)33(19-24-11-14-29(39)30(40)18-24)45-36(49)32(20-34(47)42-17-15-26-6-4-5-16-41-26)44-35(48)28-21-43-31-8-3-2-7-27(28)31/h2-14,16,18,21,32-33,43H,15,17,19-20,22H2,1H3,(H,42,47)(H,44,48)(H,45,49)/t32-,33-/m0/s1. The van der Waals surface area contributed by atoms with Crippen molar-refractivity contribution in [3.05, 3.63) is 134 Å². The van der Waals surface area contributed by atoms with Crippen LogP contribution in [0.3, 0.4) is 0 Å². The molecule has 0 radical (unpaired) electrons. The van der Waals surface area contributed by atoms with Crippen molar-refractivity contribution in [1.29, 1.82) is 0 Å². The van der Waals surface area contributed by atoms with Crippen molar-refractivity contribution in [2.24, 2.45) is 0 Å². The number of para-hydroxylation sites is 1. The molecule has 0 unspecified atom stereocenters. The van der Waals surface area contributed by atoms with Crippen LogP contribution in [0.15, 0.2) is 102 Å². The molecule has 2 aromatic heterocycles. The van der Waals surface area contributed by atoms with Crippen LogP contribution in [0.4, 0.5) is 0 Å². The number of carbonyl (C=O) groups excluding carboxylic acids is 4. The Labute approximate surface area is 308 Å². The number of nitrogens with one attached hydrogen (secondary N) is 4. The third-order valence-electron chi connectivity index (χ3n) is 8.02. The average molecular weight is 779 g/mol. The van der Waals surface area contributed by atoms with E-state index in [1.165, 1.54) is 4.90 Å². The molecule has 5 rings (SSSR count). The summed E-state index contributed by atoms with van der Waals surface area (Å²) in [6.45, 7) is 0.555. The van der Waals surface area contributed by atoms with E-state index < -0.39 is 29.8 Å². The van der Waals surface area contributed by atoms with Gasteiger partial charge in [0.1, 0.15) is 12.1 Å². The van der Waals surface area contributed by atoms with Crippen molar-refractivity contribution in [3.8, 4) is 0 Å². The zero-order valence-corrected chi connectivity index (χ0v) is 30.2. The van der Waals surface area contributed by atoms with E-state index >= 15 is 0 Å². The topological polar surface area (TPSA) is 136 Å². The number of H-pyrrole nitrogens is 1. The third kappa shape index (κ3) is 9.93. The molecule has 0 aliphatic carbocycles. The molecule has 0 saturated carbocycles. The van der Waals surface area contributed by atoms with Gasteiger partial charge in [-0.25, -0.2) is 0 Å². The highest BCUT2D eigenvalue weighted by Gasteiger charge is 2.31. The average Bonchev–Trinajstić information content (AvgIpc) is 3.55. The van der Waals surface area contributed by atoms with E-state index in [9.17, 15) is 19.2 Å².